The summed E-state index contributed by atoms with van der Waals surface area (Å²) in [5.41, 5.74) is 2.61. The van der Waals surface area contributed by atoms with Crippen LogP contribution in [0.1, 0.15) is 19.5 Å². The van der Waals surface area contributed by atoms with Gasteiger partial charge in [-0.3, -0.25) is 4.79 Å². The molecule has 0 saturated carbocycles. The van der Waals surface area contributed by atoms with Gasteiger partial charge in [-0.15, -0.1) is 0 Å². The highest BCUT2D eigenvalue weighted by atomic mass is 32.2. The molecule has 2 aromatic rings. The second kappa shape index (κ2) is 5.28. The summed E-state index contributed by atoms with van der Waals surface area (Å²) in [6.45, 7) is 5.09. The molecule has 0 spiro atoms. The summed E-state index contributed by atoms with van der Waals surface area (Å²) < 4.78 is 23.4. The maximum Gasteiger partial charge on any atom is 0.239 e. The largest absolute Gasteiger partial charge is 0.359 e. The lowest BCUT2D eigenvalue weighted by Crippen LogP contribution is -2.27. The summed E-state index contributed by atoms with van der Waals surface area (Å²) in [7, 11) is -3.37. The van der Waals surface area contributed by atoms with Crippen LogP contribution in [-0.2, 0) is 14.6 Å². The molecule has 1 aromatic carbocycles. The smallest absolute Gasteiger partial charge is 0.239 e. The number of anilines is 1. The van der Waals surface area contributed by atoms with Gasteiger partial charge in [-0.2, -0.15) is 0 Å². The van der Waals surface area contributed by atoms with Crippen LogP contribution in [0.5, 0.6) is 0 Å². The Bertz CT molecular complexity index is 745. The van der Waals surface area contributed by atoms with Gasteiger partial charge < -0.3 is 10.3 Å². The number of amides is 1. The first-order chi connectivity index (χ1) is 9.28. The summed E-state index contributed by atoms with van der Waals surface area (Å²) >= 11 is 0. The van der Waals surface area contributed by atoms with Gasteiger partial charge >= 0.3 is 0 Å². The summed E-state index contributed by atoms with van der Waals surface area (Å²) in [4.78, 5) is 15.0. The molecule has 2 N–H and O–H groups in total. The molecule has 0 fully saturated rings. The topological polar surface area (TPSA) is 79.0 Å². The number of sulfone groups is 1. The fourth-order valence-electron chi connectivity index (χ4n) is 1.90. The van der Waals surface area contributed by atoms with E-state index < -0.39 is 26.7 Å². The van der Waals surface area contributed by atoms with Crippen molar-refractivity contribution in [2.75, 3.05) is 11.1 Å². The first-order valence-corrected chi connectivity index (χ1v) is 8.10. The van der Waals surface area contributed by atoms with Crippen molar-refractivity contribution in [1.29, 1.82) is 0 Å². The number of carbonyl (C=O) groups excluding carboxylic acids is 1. The molecule has 0 aliphatic rings. The minimum Gasteiger partial charge on any atom is -0.359 e. The molecule has 1 heterocycles. The van der Waals surface area contributed by atoms with E-state index in [-0.39, 0.29) is 0 Å². The van der Waals surface area contributed by atoms with Crippen LogP contribution in [0.15, 0.2) is 24.3 Å². The van der Waals surface area contributed by atoms with E-state index in [1.165, 1.54) is 0 Å². The van der Waals surface area contributed by atoms with Gasteiger partial charge in [0.2, 0.25) is 5.91 Å². The number of benzene rings is 1. The van der Waals surface area contributed by atoms with Crippen molar-refractivity contribution >= 4 is 32.3 Å². The van der Waals surface area contributed by atoms with Gasteiger partial charge in [0.1, 0.15) is 5.75 Å². The molecule has 0 atom stereocenters. The lowest BCUT2D eigenvalue weighted by Gasteiger charge is -2.08. The zero-order valence-corrected chi connectivity index (χ0v) is 12.5. The van der Waals surface area contributed by atoms with Gasteiger partial charge in [0.05, 0.1) is 5.25 Å². The number of fused-ring (bicyclic) bond motifs is 1. The molecule has 20 heavy (non-hydrogen) atoms. The Kier molecular flexibility index (Phi) is 3.85. The maximum atomic E-state index is 11.8. The molecule has 0 bridgehead atoms. The number of H-pyrrole nitrogens is 1. The van der Waals surface area contributed by atoms with Crippen molar-refractivity contribution in [3.63, 3.8) is 0 Å². The number of hydrogen-bond acceptors (Lipinski definition) is 3. The summed E-state index contributed by atoms with van der Waals surface area (Å²) in [5, 5.41) is 3.05. The Labute approximate surface area is 118 Å². The predicted molar refractivity (Wildman–Crippen MR) is 80.6 cm³/mol. The molecular weight excluding hydrogens is 276 g/mol. The van der Waals surface area contributed by atoms with Gasteiger partial charge in [0.15, 0.2) is 9.84 Å². The van der Waals surface area contributed by atoms with E-state index in [4.69, 9.17) is 0 Å². The van der Waals surface area contributed by atoms with E-state index in [1.54, 1.807) is 19.9 Å². The summed E-state index contributed by atoms with van der Waals surface area (Å²) in [5.74, 6) is -1.00. The number of aromatic amines is 1. The van der Waals surface area contributed by atoms with Crippen LogP contribution < -0.4 is 5.32 Å². The molecule has 2 rings (SSSR count). The van der Waals surface area contributed by atoms with Crippen LogP contribution in [0.2, 0.25) is 0 Å². The van der Waals surface area contributed by atoms with Gasteiger partial charge in [0.25, 0.3) is 0 Å². The molecule has 108 valence electrons. The van der Waals surface area contributed by atoms with E-state index >= 15 is 0 Å². The van der Waals surface area contributed by atoms with Crippen LogP contribution in [0.25, 0.3) is 10.9 Å². The van der Waals surface area contributed by atoms with E-state index in [0.717, 1.165) is 16.6 Å². The van der Waals surface area contributed by atoms with Crippen molar-refractivity contribution in [2.24, 2.45) is 0 Å². The normalized spacial score (nSPS) is 12.0. The van der Waals surface area contributed by atoms with Gasteiger partial charge in [0, 0.05) is 22.3 Å². The van der Waals surface area contributed by atoms with Crippen molar-refractivity contribution in [1.82, 2.24) is 4.98 Å². The van der Waals surface area contributed by atoms with Crippen molar-refractivity contribution in [3.05, 3.63) is 30.0 Å². The van der Waals surface area contributed by atoms with E-state index in [2.05, 4.69) is 10.3 Å². The lowest BCUT2D eigenvalue weighted by molar-refractivity contribution is -0.113. The third-order valence-electron chi connectivity index (χ3n) is 3.09. The fraction of sp³-hybridized carbons (Fsp3) is 0.357. The average molecular weight is 294 g/mol. The average Bonchev–Trinajstić information content (AvgIpc) is 2.67. The first-order valence-electron chi connectivity index (χ1n) is 6.39. The molecule has 1 amide bonds. The standard InChI is InChI=1S/C14H18N2O3S/c1-9(2)20(18,19)8-14(17)16-12-4-5-13-11(7-12)6-10(3)15-13/h4-7,9,15H,8H2,1-3H3,(H,16,17). The van der Waals surface area contributed by atoms with Crippen LogP contribution in [0, 0.1) is 6.92 Å². The van der Waals surface area contributed by atoms with Crippen LogP contribution >= 0.6 is 0 Å². The predicted octanol–water partition coefficient (Wildman–Crippen LogP) is 2.24. The highest BCUT2D eigenvalue weighted by Crippen LogP contribution is 2.19. The molecule has 0 aliphatic carbocycles. The Morgan fingerprint density at radius 1 is 1.30 bits per heavy atom. The minimum atomic E-state index is -3.37. The van der Waals surface area contributed by atoms with E-state index in [9.17, 15) is 13.2 Å². The molecular formula is C14H18N2O3S. The van der Waals surface area contributed by atoms with Gasteiger partial charge in [-0.1, -0.05) is 0 Å². The number of carbonyl (C=O) groups is 1. The Morgan fingerprint density at radius 2 is 2.00 bits per heavy atom. The van der Waals surface area contributed by atoms with Crippen LogP contribution in [0.4, 0.5) is 5.69 Å². The highest BCUT2D eigenvalue weighted by Gasteiger charge is 2.20. The quantitative estimate of drug-likeness (QED) is 0.907. The van der Waals surface area contributed by atoms with Crippen molar-refractivity contribution in [3.8, 4) is 0 Å². The second-order valence-electron chi connectivity index (χ2n) is 5.16. The molecule has 0 radical (unpaired) electrons. The van der Waals surface area contributed by atoms with E-state index in [0.29, 0.717) is 5.69 Å². The molecule has 0 aliphatic heterocycles. The molecule has 1 aromatic heterocycles. The minimum absolute atomic E-state index is 0.491. The number of aromatic nitrogens is 1. The monoisotopic (exact) mass is 294 g/mol. The molecule has 0 saturated heterocycles. The van der Waals surface area contributed by atoms with Crippen LogP contribution in [-0.4, -0.2) is 30.3 Å². The molecule has 5 nitrogen and oxygen atoms in total. The fourth-order valence-corrected chi connectivity index (χ4v) is 2.67. The maximum absolute atomic E-state index is 11.8. The lowest BCUT2D eigenvalue weighted by atomic mass is 10.2. The van der Waals surface area contributed by atoms with Crippen molar-refractivity contribution < 1.29 is 13.2 Å². The summed E-state index contributed by atoms with van der Waals surface area (Å²) in [6, 6.07) is 7.39. The van der Waals surface area contributed by atoms with E-state index in [1.807, 2.05) is 25.1 Å². The number of nitrogens with one attached hydrogen (secondary N) is 2. The highest BCUT2D eigenvalue weighted by molar-refractivity contribution is 7.92. The second-order valence-corrected chi connectivity index (χ2v) is 7.72. The summed E-state index contributed by atoms with van der Waals surface area (Å²) in [6.07, 6.45) is 0. The number of hydrogen-bond donors (Lipinski definition) is 2. The number of aryl methyl sites for hydroxylation is 1. The Balaban J connectivity index is 2.14. The zero-order chi connectivity index (χ0) is 14.9. The third-order valence-corrected chi connectivity index (χ3v) is 5.19. The molecule has 6 heteroatoms. The van der Waals surface area contributed by atoms with Crippen LogP contribution in [0.3, 0.4) is 0 Å². The Morgan fingerprint density at radius 3 is 2.65 bits per heavy atom. The molecule has 0 unspecified atom stereocenters. The van der Waals surface area contributed by atoms with Gasteiger partial charge in [-0.05, 0) is 45.0 Å². The first kappa shape index (κ1) is 14.6. The zero-order valence-electron chi connectivity index (χ0n) is 11.7. The third kappa shape index (κ3) is 3.19. The van der Waals surface area contributed by atoms with Gasteiger partial charge in [-0.25, -0.2) is 8.42 Å². The number of rotatable bonds is 4. The van der Waals surface area contributed by atoms with Crippen molar-refractivity contribution in [2.45, 2.75) is 26.0 Å². The Hall–Kier alpha value is -1.82. The SMILES string of the molecule is Cc1cc2cc(NC(=O)CS(=O)(=O)C(C)C)ccc2[nH]1.